The molecule has 25 heavy (non-hydrogen) atoms. The highest BCUT2D eigenvalue weighted by atomic mass is 19.4. The minimum Gasteiger partial charge on any atom is -0.372 e. The topological polar surface area (TPSA) is 32.8 Å². The zero-order valence-corrected chi connectivity index (χ0v) is 14.3. The van der Waals surface area contributed by atoms with Crippen molar-refractivity contribution < 1.29 is 22.7 Å². The third-order valence-electron chi connectivity index (χ3n) is 5.10. The van der Waals surface area contributed by atoms with E-state index in [1.807, 2.05) is 0 Å². The summed E-state index contributed by atoms with van der Waals surface area (Å²) in [5, 5.41) is 0. The Morgan fingerprint density at radius 3 is 2.36 bits per heavy atom. The lowest BCUT2D eigenvalue weighted by Gasteiger charge is -2.46. The van der Waals surface area contributed by atoms with E-state index in [1.165, 1.54) is 12.1 Å². The Hall–Kier alpha value is -1.60. The van der Waals surface area contributed by atoms with Gasteiger partial charge in [-0.1, -0.05) is 12.1 Å². The average Bonchev–Trinajstić information content (AvgIpc) is 2.55. The number of morpholine rings is 1. The van der Waals surface area contributed by atoms with Crippen molar-refractivity contribution in [3.05, 3.63) is 35.4 Å². The SMILES string of the molecule is CN1CCOC2(CCN(C(=O)Cc3ccc(C(F)(F)F)cc3)CC2)C1. The van der Waals surface area contributed by atoms with Crippen molar-refractivity contribution in [2.45, 2.75) is 31.0 Å². The monoisotopic (exact) mass is 356 g/mol. The van der Waals surface area contributed by atoms with E-state index >= 15 is 0 Å². The molecule has 3 rings (SSSR count). The van der Waals surface area contributed by atoms with Crippen LogP contribution in [0.25, 0.3) is 0 Å². The van der Waals surface area contributed by atoms with Crippen molar-refractivity contribution in [2.75, 3.05) is 39.8 Å². The molecule has 0 bridgehead atoms. The van der Waals surface area contributed by atoms with E-state index in [2.05, 4.69) is 11.9 Å². The molecule has 1 aromatic rings. The molecule has 2 heterocycles. The van der Waals surface area contributed by atoms with Crippen LogP contribution in [0.5, 0.6) is 0 Å². The maximum atomic E-state index is 12.6. The highest BCUT2D eigenvalue weighted by Crippen LogP contribution is 2.31. The Balaban J connectivity index is 1.54. The number of likely N-dealkylation sites (N-methyl/N-ethyl adjacent to an activating group) is 1. The Labute approximate surface area is 145 Å². The van der Waals surface area contributed by atoms with Crippen molar-refractivity contribution in [1.29, 1.82) is 0 Å². The summed E-state index contributed by atoms with van der Waals surface area (Å²) in [7, 11) is 2.08. The van der Waals surface area contributed by atoms with Crippen molar-refractivity contribution in [3.63, 3.8) is 0 Å². The maximum Gasteiger partial charge on any atom is 0.416 e. The Kier molecular flexibility index (Phi) is 5.06. The van der Waals surface area contributed by atoms with Crippen LogP contribution in [0.4, 0.5) is 13.2 Å². The smallest absolute Gasteiger partial charge is 0.372 e. The van der Waals surface area contributed by atoms with Crippen LogP contribution in [0.15, 0.2) is 24.3 Å². The van der Waals surface area contributed by atoms with Crippen LogP contribution in [0.1, 0.15) is 24.0 Å². The largest absolute Gasteiger partial charge is 0.416 e. The van der Waals surface area contributed by atoms with Gasteiger partial charge in [-0.05, 0) is 37.6 Å². The molecule has 0 N–H and O–H groups in total. The molecule has 0 saturated carbocycles. The van der Waals surface area contributed by atoms with Crippen LogP contribution in [0.2, 0.25) is 0 Å². The molecular formula is C18H23F3N2O2. The fourth-order valence-electron chi connectivity index (χ4n) is 3.60. The van der Waals surface area contributed by atoms with Crippen LogP contribution in [0.3, 0.4) is 0 Å². The van der Waals surface area contributed by atoms with E-state index < -0.39 is 11.7 Å². The standard InChI is InChI=1S/C18H23F3N2O2/c1-22-10-11-25-17(13-22)6-8-23(9-7-17)16(24)12-14-2-4-15(5-3-14)18(19,20)21/h2-5H,6-13H2,1H3. The van der Waals surface area contributed by atoms with Crippen LogP contribution >= 0.6 is 0 Å². The minimum absolute atomic E-state index is 0.0428. The van der Waals surface area contributed by atoms with Crippen LogP contribution in [-0.4, -0.2) is 61.1 Å². The predicted molar refractivity (Wildman–Crippen MR) is 87.1 cm³/mol. The lowest BCUT2D eigenvalue weighted by atomic mass is 9.89. The Morgan fingerprint density at radius 2 is 1.80 bits per heavy atom. The quantitative estimate of drug-likeness (QED) is 0.817. The van der Waals surface area contributed by atoms with Crippen molar-refractivity contribution in [1.82, 2.24) is 9.80 Å². The van der Waals surface area contributed by atoms with Gasteiger partial charge in [0, 0.05) is 26.2 Å². The molecule has 1 spiro atoms. The van der Waals surface area contributed by atoms with Gasteiger partial charge < -0.3 is 14.5 Å². The molecule has 0 aromatic heterocycles. The Morgan fingerprint density at radius 1 is 1.16 bits per heavy atom. The van der Waals surface area contributed by atoms with Crippen molar-refractivity contribution in [3.8, 4) is 0 Å². The molecule has 2 aliphatic rings. The highest BCUT2D eigenvalue weighted by Gasteiger charge is 2.39. The van der Waals surface area contributed by atoms with Gasteiger partial charge in [0.1, 0.15) is 0 Å². The molecule has 1 amide bonds. The van der Waals surface area contributed by atoms with E-state index in [0.717, 1.165) is 44.7 Å². The molecule has 0 aliphatic carbocycles. The predicted octanol–water partition coefficient (Wildman–Crippen LogP) is 2.57. The van der Waals surface area contributed by atoms with E-state index in [1.54, 1.807) is 4.90 Å². The normalized spacial score (nSPS) is 21.5. The zero-order valence-electron chi connectivity index (χ0n) is 14.3. The number of rotatable bonds is 2. The molecule has 2 saturated heterocycles. The summed E-state index contributed by atoms with van der Waals surface area (Å²) in [6.45, 7) is 3.79. The van der Waals surface area contributed by atoms with E-state index in [4.69, 9.17) is 4.74 Å². The summed E-state index contributed by atoms with van der Waals surface area (Å²) in [4.78, 5) is 16.5. The molecule has 2 fully saturated rings. The third-order valence-corrected chi connectivity index (χ3v) is 5.10. The summed E-state index contributed by atoms with van der Waals surface area (Å²) in [6, 6.07) is 4.82. The molecule has 0 radical (unpaired) electrons. The lowest BCUT2D eigenvalue weighted by molar-refractivity contribution is -0.147. The maximum absolute atomic E-state index is 12.6. The first-order valence-electron chi connectivity index (χ1n) is 8.54. The van der Waals surface area contributed by atoms with E-state index in [9.17, 15) is 18.0 Å². The second-order valence-electron chi connectivity index (χ2n) is 7.02. The van der Waals surface area contributed by atoms with Gasteiger partial charge in [0.15, 0.2) is 0 Å². The summed E-state index contributed by atoms with van der Waals surface area (Å²) in [5.74, 6) is -0.0428. The van der Waals surface area contributed by atoms with Gasteiger partial charge in [0.25, 0.3) is 0 Å². The zero-order chi connectivity index (χ0) is 18.1. The van der Waals surface area contributed by atoms with Gasteiger partial charge in [0.2, 0.25) is 5.91 Å². The number of piperidine rings is 1. The first kappa shape index (κ1) is 18.2. The van der Waals surface area contributed by atoms with Gasteiger partial charge in [-0.25, -0.2) is 0 Å². The van der Waals surface area contributed by atoms with Crippen LogP contribution < -0.4 is 0 Å². The number of halogens is 3. The first-order chi connectivity index (χ1) is 11.8. The summed E-state index contributed by atoms with van der Waals surface area (Å²) < 4.78 is 43.7. The van der Waals surface area contributed by atoms with Gasteiger partial charge in [-0.3, -0.25) is 4.79 Å². The summed E-state index contributed by atoms with van der Waals surface area (Å²) in [5.41, 5.74) is -0.243. The van der Waals surface area contributed by atoms with Gasteiger partial charge >= 0.3 is 6.18 Å². The van der Waals surface area contributed by atoms with Crippen LogP contribution in [-0.2, 0) is 22.1 Å². The number of carbonyl (C=O) groups excluding carboxylic acids is 1. The molecule has 2 aliphatic heterocycles. The average molecular weight is 356 g/mol. The van der Waals surface area contributed by atoms with E-state index in [-0.39, 0.29) is 17.9 Å². The highest BCUT2D eigenvalue weighted by molar-refractivity contribution is 5.78. The van der Waals surface area contributed by atoms with Crippen molar-refractivity contribution in [2.24, 2.45) is 0 Å². The third kappa shape index (κ3) is 4.33. The molecule has 138 valence electrons. The van der Waals surface area contributed by atoms with Gasteiger partial charge in [-0.2, -0.15) is 13.2 Å². The molecule has 7 heteroatoms. The lowest BCUT2D eigenvalue weighted by Crippen LogP contribution is -2.56. The molecule has 4 nitrogen and oxygen atoms in total. The number of alkyl halides is 3. The number of likely N-dealkylation sites (tertiary alicyclic amines) is 1. The summed E-state index contributed by atoms with van der Waals surface area (Å²) >= 11 is 0. The number of carbonyl (C=O) groups is 1. The minimum atomic E-state index is -4.35. The second kappa shape index (κ2) is 6.96. The number of amides is 1. The molecular weight excluding hydrogens is 333 g/mol. The second-order valence-corrected chi connectivity index (χ2v) is 7.02. The van der Waals surface area contributed by atoms with Gasteiger partial charge in [-0.15, -0.1) is 0 Å². The molecule has 0 atom stereocenters. The molecule has 0 unspecified atom stereocenters. The molecule has 1 aromatic carbocycles. The van der Waals surface area contributed by atoms with Crippen molar-refractivity contribution >= 4 is 5.91 Å². The number of ether oxygens (including phenoxy) is 1. The van der Waals surface area contributed by atoms with Gasteiger partial charge in [0.05, 0.1) is 24.2 Å². The fraction of sp³-hybridized carbons (Fsp3) is 0.611. The fourth-order valence-corrected chi connectivity index (χ4v) is 3.60. The number of hydrogen-bond acceptors (Lipinski definition) is 3. The number of benzene rings is 1. The van der Waals surface area contributed by atoms with Crippen LogP contribution in [0, 0.1) is 0 Å². The number of hydrogen-bond donors (Lipinski definition) is 0. The Bertz CT molecular complexity index is 608. The van der Waals surface area contributed by atoms with E-state index in [0.29, 0.717) is 18.7 Å². The first-order valence-corrected chi connectivity index (χ1v) is 8.54. The number of nitrogens with zero attached hydrogens (tertiary/aromatic N) is 2. The summed E-state index contributed by atoms with van der Waals surface area (Å²) in [6.07, 6.45) is -2.62.